The number of aromatic nitrogens is 1. The van der Waals surface area contributed by atoms with E-state index in [9.17, 15) is 19.6 Å². The van der Waals surface area contributed by atoms with Crippen molar-refractivity contribution in [2.75, 3.05) is 18.5 Å². The summed E-state index contributed by atoms with van der Waals surface area (Å²) in [6.07, 6.45) is 4.82. The van der Waals surface area contributed by atoms with Crippen molar-refractivity contribution in [1.82, 2.24) is 4.57 Å². The average Bonchev–Trinajstić information content (AvgIpc) is 3.42. The number of hydrogen-bond acceptors (Lipinski definition) is 6. The number of ether oxygens (including phenoxy) is 2. The summed E-state index contributed by atoms with van der Waals surface area (Å²) in [5.74, 6) is 0.129. The highest BCUT2D eigenvalue weighted by Crippen LogP contribution is 2.37. The zero-order valence-corrected chi connectivity index (χ0v) is 20.0. The molecular weight excluding hydrogens is 434 g/mol. The molecule has 0 radical (unpaired) electrons. The average molecular weight is 466 g/mol. The van der Waals surface area contributed by atoms with Crippen LogP contribution in [0.3, 0.4) is 0 Å². The molecule has 0 spiro atoms. The molecule has 8 heteroatoms. The van der Waals surface area contributed by atoms with Crippen molar-refractivity contribution in [3.05, 3.63) is 46.6 Å². The number of nitrogens with zero attached hydrogens (tertiary/aromatic N) is 2. The number of esters is 1. The second-order valence-corrected chi connectivity index (χ2v) is 8.60. The van der Waals surface area contributed by atoms with Crippen molar-refractivity contribution in [1.29, 1.82) is 5.26 Å². The van der Waals surface area contributed by atoms with Gasteiger partial charge in [0, 0.05) is 23.7 Å². The molecule has 1 aromatic heterocycles. The van der Waals surface area contributed by atoms with E-state index in [2.05, 4.69) is 16.0 Å². The molecule has 1 fully saturated rings. The maximum atomic E-state index is 12.5. The van der Waals surface area contributed by atoms with Crippen molar-refractivity contribution in [3.63, 3.8) is 0 Å². The van der Waals surface area contributed by atoms with Crippen LogP contribution in [0.1, 0.15) is 78.7 Å². The zero-order valence-electron chi connectivity index (χ0n) is 20.0. The minimum atomic E-state index is -0.496. The molecule has 1 heterocycles. The monoisotopic (exact) mass is 465 g/mol. The molecule has 1 aromatic carbocycles. The maximum Gasteiger partial charge on any atom is 0.306 e. The summed E-state index contributed by atoms with van der Waals surface area (Å²) in [7, 11) is 0. The van der Waals surface area contributed by atoms with Crippen LogP contribution >= 0.6 is 0 Å². The predicted molar refractivity (Wildman–Crippen MR) is 127 cm³/mol. The van der Waals surface area contributed by atoms with Crippen molar-refractivity contribution in [2.45, 2.75) is 65.3 Å². The first-order valence-corrected chi connectivity index (χ1v) is 11.6. The van der Waals surface area contributed by atoms with Crippen molar-refractivity contribution in [2.24, 2.45) is 0 Å². The van der Waals surface area contributed by atoms with Gasteiger partial charge >= 0.3 is 5.97 Å². The highest BCUT2D eigenvalue weighted by molar-refractivity contribution is 5.94. The quantitative estimate of drug-likeness (QED) is 0.311. The summed E-state index contributed by atoms with van der Waals surface area (Å²) >= 11 is 0. The van der Waals surface area contributed by atoms with Crippen LogP contribution in [-0.2, 0) is 14.3 Å². The van der Waals surface area contributed by atoms with Gasteiger partial charge in [0.15, 0.2) is 12.4 Å². The Kier molecular flexibility index (Phi) is 8.47. The van der Waals surface area contributed by atoms with E-state index >= 15 is 0 Å². The van der Waals surface area contributed by atoms with Crippen molar-refractivity contribution < 1.29 is 23.9 Å². The number of nitriles is 1. The normalized spacial score (nSPS) is 13.4. The predicted octanol–water partition coefficient (Wildman–Crippen LogP) is 4.64. The highest BCUT2D eigenvalue weighted by atomic mass is 16.5. The Labute approximate surface area is 199 Å². The molecule has 180 valence electrons. The number of carbonyl (C=O) groups excluding carboxylic acids is 3. The van der Waals surface area contributed by atoms with E-state index in [0.29, 0.717) is 35.7 Å². The van der Waals surface area contributed by atoms with E-state index in [0.717, 1.165) is 36.9 Å². The van der Waals surface area contributed by atoms with Crippen molar-refractivity contribution in [3.8, 4) is 11.8 Å². The molecule has 1 aliphatic rings. The Morgan fingerprint density at radius 1 is 1.15 bits per heavy atom. The van der Waals surface area contributed by atoms with Gasteiger partial charge in [-0.1, -0.05) is 12.8 Å². The molecule has 0 atom stereocenters. The molecule has 0 saturated heterocycles. The first kappa shape index (κ1) is 25.0. The second kappa shape index (κ2) is 11.5. The maximum absolute atomic E-state index is 12.5. The summed E-state index contributed by atoms with van der Waals surface area (Å²) in [4.78, 5) is 35.8. The largest absolute Gasteiger partial charge is 0.494 e. The fraction of sp³-hybridized carbons (Fsp3) is 0.462. The van der Waals surface area contributed by atoms with Gasteiger partial charge in [-0.15, -0.1) is 0 Å². The fourth-order valence-corrected chi connectivity index (χ4v) is 4.28. The fourth-order valence-electron chi connectivity index (χ4n) is 4.28. The molecule has 2 aromatic rings. The second-order valence-electron chi connectivity index (χ2n) is 8.60. The van der Waals surface area contributed by atoms with Gasteiger partial charge in [0.25, 0.3) is 5.91 Å². The molecule has 1 saturated carbocycles. The van der Waals surface area contributed by atoms with Crippen LogP contribution < -0.4 is 10.1 Å². The number of nitrogens with one attached hydrogen (secondary N) is 1. The Morgan fingerprint density at radius 2 is 1.82 bits per heavy atom. The summed E-state index contributed by atoms with van der Waals surface area (Å²) in [6.45, 7) is 5.24. The third-order valence-corrected chi connectivity index (χ3v) is 6.24. The van der Waals surface area contributed by atoms with E-state index in [1.165, 1.54) is 6.92 Å². The molecule has 1 amide bonds. The SMILES string of the molecule is CC(=O)c1ccc(OCCCC(=O)OCC(=O)Nc2c(C#N)c(C)c(C)n2C2CCCC2)cc1. The van der Waals surface area contributed by atoms with Crippen LogP contribution in [0.5, 0.6) is 5.75 Å². The third kappa shape index (κ3) is 6.04. The van der Waals surface area contributed by atoms with Crippen LogP contribution in [-0.4, -0.2) is 35.4 Å². The standard InChI is InChI=1S/C26H31N3O5/c1-17-18(2)29(21-7-4-5-8-21)26(23(17)15-27)28-24(31)16-34-25(32)9-6-14-33-22-12-10-20(11-13-22)19(3)30/h10-13,21H,4-9,14,16H2,1-3H3,(H,28,31). The topological polar surface area (TPSA) is 110 Å². The third-order valence-electron chi connectivity index (χ3n) is 6.24. The van der Waals surface area contributed by atoms with Gasteiger partial charge in [-0.2, -0.15) is 5.26 Å². The minimum absolute atomic E-state index is 0.0146. The molecule has 8 nitrogen and oxygen atoms in total. The number of rotatable bonds is 10. The number of amides is 1. The Hall–Kier alpha value is -3.60. The molecule has 0 aliphatic heterocycles. The van der Waals surface area contributed by atoms with Gasteiger partial charge in [0.05, 0.1) is 12.2 Å². The lowest BCUT2D eigenvalue weighted by molar-refractivity contribution is -0.147. The van der Waals surface area contributed by atoms with Crippen LogP contribution in [0.15, 0.2) is 24.3 Å². The number of ketones is 1. The van der Waals surface area contributed by atoms with Gasteiger partial charge in [0.2, 0.25) is 0 Å². The van der Waals surface area contributed by atoms with Gasteiger partial charge in [-0.05, 0) is 69.9 Å². The number of hydrogen-bond donors (Lipinski definition) is 1. The molecule has 34 heavy (non-hydrogen) atoms. The molecule has 1 aliphatic carbocycles. The minimum Gasteiger partial charge on any atom is -0.494 e. The Bertz CT molecular complexity index is 1090. The number of Topliss-reactive ketones (excluding diaryl/α,β-unsaturated/α-hetero) is 1. The lowest BCUT2D eigenvalue weighted by atomic mass is 10.1. The van der Waals surface area contributed by atoms with E-state index in [1.807, 2.05) is 13.8 Å². The number of carbonyl (C=O) groups is 3. The van der Waals surface area contributed by atoms with Gasteiger partial charge in [0.1, 0.15) is 17.6 Å². The van der Waals surface area contributed by atoms with Gasteiger partial charge < -0.3 is 19.4 Å². The lowest BCUT2D eigenvalue weighted by Crippen LogP contribution is -2.24. The summed E-state index contributed by atoms with van der Waals surface area (Å²) < 4.78 is 12.7. The van der Waals surface area contributed by atoms with E-state index in [1.54, 1.807) is 24.3 Å². The van der Waals surface area contributed by atoms with Gasteiger partial charge in [-0.25, -0.2) is 0 Å². The van der Waals surface area contributed by atoms with E-state index < -0.39 is 18.5 Å². The van der Waals surface area contributed by atoms with Crippen LogP contribution in [0.25, 0.3) is 0 Å². The Balaban J connectivity index is 1.46. The van der Waals surface area contributed by atoms with Crippen LogP contribution in [0.4, 0.5) is 5.82 Å². The van der Waals surface area contributed by atoms with Crippen LogP contribution in [0.2, 0.25) is 0 Å². The molecule has 0 bridgehead atoms. The van der Waals surface area contributed by atoms with E-state index in [4.69, 9.17) is 9.47 Å². The number of anilines is 1. The van der Waals surface area contributed by atoms with Gasteiger partial charge in [-0.3, -0.25) is 14.4 Å². The summed E-state index contributed by atoms with van der Waals surface area (Å²) in [5.41, 5.74) is 2.90. The zero-order chi connectivity index (χ0) is 24.7. The van der Waals surface area contributed by atoms with E-state index in [-0.39, 0.29) is 18.2 Å². The molecule has 1 N–H and O–H groups in total. The Morgan fingerprint density at radius 3 is 2.44 bits per heavy atom. The first-order valence-electron chi connectivity index (χ1n) is 11.6. The first-order chi connectivity index (χ1) is 16.3. The summed E-state index contributed by atoms with van der Waals surface area (Å²) in [5, 5.41) is 12.4. The molecule has 0 unspecified atom stereocenters. The smallest absolute Gasteiger partial charge is 0.306 e. The lowest BCUT2D eigenvalue weighted by Gasteiger charge is -2.19. The molecule has 3 rings (SSSR count). The van der Waals surface area contributed by atoms with Crippen LogP contribution in [0, 0.1) is 25.2 Å². The summed E-state index contributed by atoms with van der Waals surface area (Å²) in [6, 6.07) is 9.26. The molecular formula is C26H31N3O5. The highest BCUT2D eigenvalue weighted by Gasteiger charge is 2.26. The number of benzene rings is 1. The van der Waals surface area contributed by atoms with Crippen molar-refractivity contribution >= 4 is 23.5 Å².